The molecule has 1 atom stereocenters. The third-order valence-electron chi connectivity index (χ3n) is 4.11. The lowest BCUT2D eigenvalue weighted by Crippen LogP contribution is -2.38. The minimum absolute atomic E-state index is 0.264. The Hall–Kier alpha value is -0.120. The number of nitrogens with one attached hydrogen (secondary N) is 1. The first kappa shape index (κ1) is 12.3. The van der Waals surface area contributed by atoms with E-state index in [9.17, 15) is 0 Å². The average Bonchev–Trinajstić information content (AvgIpc) is 2.60. The molecule has 0 aromatic heterocycles. The van der Waals surface area contributed by atoms with Crippen LogP contribution >= 0.6 is 0 Å². The predicted molar refractivity (Wildman–Crippen MR) is 66.6 cm³/mol. The lowest BCUT2D eigenvalue weighted by molar-refractivity contribution is 0.214. The monoisotopic (exact) mass is 226 g/mol. The Bertz CT molecular complexity index is 190. The first-order chi connectivity index (χ1) is 7.90. The van der Waals surface area contributed by atoms with E-state index in [-0.39, 0.29) is 6.61 Å². The third kappa shape index (κ3) is 3.44. The van der Waals surface area contributed by atoms with E-state index in [0.29, 0.717) is 6.04 Å². The van der Waals surface area contributed by atoms with Gasteiger partial charge in [0.15, 0.2) is 0 Å². The van der Waals surface area contributed by atoms with E-state index in [4.69, 9.17) is 5.11 Å². The Morgan fingerprint density at radius 1 is 1.06 bits per heavy atom. The molecule has 3 nitrogen and oxygen atoms in total. The Morgan fingerprint density at radius 3 is 2.50 bits per heavy atom. The Morgan fingerprint density at radius 2 is 1.81 bits per heavy atom. The van der Waals surface area contributed by atoms with Crippen molar-refractivity contribution in [3.05, 3.63) is 0 Å². The second kappa shape index (κ2) is 6.58. The standard InChI is InChI=1S/C13H26N2O/c16-10-8-14-12-7-9-15(11-12)13-5-3-1-2-4-6-13/h12-14,16H,1-11H2. The molecule has 2 aliphatic rings. The Balaban J connectivity index is 1.73. The minimum Gasteiger partial charge on any atom is -0.395 e. The third-order valence-corrected chi connectivity index (χ3v) is 4.11. The van der Waals surface area contributed by atoms with Gasteiger partial charge >= 0.3 is 0 Å². The molecule has 94 valence electrons. The highest BCUT2D eigenvalue weighted by molar-refractivity contribution is 4.86. The van der Waals surface area contributed by atoms with Gasteiger partial charge < -0.3 is 10.4 Å². The topological polar surface area (TPSA) is 35.5 Å². The predicted octanol–water partition coefficient (Wildman–Crippen LogP) is 1.37. The van der Waals surface area contributed by atoms with Crippen molar-refractivity contribution in [3.63, 3.8) is 0 Å². The van der Waals surface area contributed by atoms with Crippen LogP contribution in [0.4, 0.5) is 0 Å². The molecule has 0 spiro atoms. The van der Waals surface area contributed by atoms with Crippen molar-refractivity contribution in [2.24, 2.45) is 0 Å². The first-order valence-electron chi connectivity index (χ1n) is 6.98. The van der Waals surface area contributed by atoms with Gasteiger partial charge in [0.2, 0.25) is 0 Å². The van der Waals surface area contributed by atoms with E-state index in [1.165, 1.54) is 58.0 Å². The van der Waals surface area contributed by atoms with Crippen LogP contribution in [0.3, 0.4) is 0 Å². The highest BCUT2D eigenvalue weighted by Gasteiger charge is 2.27. The van der Waals surface area contributed by atoms with E-state index >= 15 is 0 Å². The molecule has 3 heteroatoms. The van der Waals surface area contributed by atoms with Crippen LogP contribution in [0.25, 0.3) is 0 Å². The van der Waals surface area contributed by atoms with Gasteiger partial charge in [-0.15, -0.1) is 0 Å². The SMILES string of the molecule is OCCNC1CCN(C2CCCCCC2)C1. The van der Waals surface area contributed by atoms with Gasteiger partial charge in [-0.1, -0.05) is 25.7 Å². The van der Waals surface area contributed by atoms with Crippen LogP contribution in [-0.4, -0.2) is 48.3 Å². The number of likely N-dealkylation sites (tertiary alicyclic amines) is 1. The van der Waals surface area contributed by atoms with E-state index < -0.39 is 0 Å². The molecule has 0 radical (unpaired) electrons. The highest BCUT2D eigenvalue weighted by atomic mass is 16.3. The maximum atomic E-state index is 8.80. The van der Waals surface area contributed by atoms with Gasteiger partial charge in [0.05, 0.1) is 6.61 Å². The number of hydrogen-bond donors (Lipinski definition) is 2. The van der Waals surface area contributed by atoms with Gasteiger partial charge in [-0.3, -0.25) is 4.90 Å². The van der Waals surface area contributed by atoms with Crippen molar-refractivity contribution in [1.29, 1.82) is 0 Å². The molecule has 1 saturated carbocycles. The molecular formula is C13H26N2O. The molecule has 2 fully saturated rings. The first-order valence-corrected chi connectivity index (χ1v) is 6.98. The summed E-state index contributed by atoms with van der Waals surface area (Å²) in [6.45, 7) is 3.47. The Labute approximate surface area is 99.2 Å². The molecule has 0 aromatic carbocycles. The minimum atomic E-state index is 0.264. The van der Waals surface area contributed by atoms with Crippen LogP contribution in [0.2, 0.25) is 0 Å². The summed E-state index contributed by atoms with van der Waals surface area (Å²) in [7, 11) is 0. The normalized spacial score (nSPS) is 29.4. The summed E-state index contributed by atoms with van der Waals surface area (Å²) in [5.74, 6) is 0. The van der Waals surface area contributed by atoms with E-state index in [2.05, 4.69) is 10.2 Å². The van der Waals surface area contributed by atoms with Crippen LogP contribution in [0.5, 0.6) is 0 Å². The molecule has 2 rings (SSSR count). The summed E-state index contributed by atoms with van der Waals surface area (Å²) in [5, 5.41) is 12.2. The zero-order valence-electron chi connectivity index (χ0n) is 10.3. The molecule has 1 aliphatic heterocycles. The lowest BCUT2D eigenvalue weighted by Gasteiger charge is -2.26. The highest BCUT2D eigenvalue weighted by Crippen LogP contribution is 2.24. The van der Waals surface area contributed by atoms with Gasteiger partial charge in [0.25, 0.3) is 0 Å². The molecule has 0 aromatic rings. The zero-order valence-corrected chi connectivity index (χ0v) is 10.3. The van der Waals surface area contributed by atoms with Gasteiger partial charge in [-0.2, -0.15) is 0 Å². The fraction of sp³-hybridized carbons (Fsp3) is 1.00. The fourth-order valence-electron chi connectivity index (χ4n) is 3.18. The van der Waals surface area contributed by atoms with Crippen LogP contribution < -0.4 is 5.32 Å². The van der Waals surface area contributed by atoms with Gasteiger partial charge in [-0.05, 0) is 19.3 Å². The number of nitrogens with zero attached hydrogens (tertiary/aromatic N) is 1. The van der Waals surface area contributed by atoms with Crippen LogP contribution in [0.15, 0.2) is 0 Å². The fourth-order valence-corrected chi connectivity index (χ4v) is 3.18. The summed E-state index contributed by atoms with van der Waals surface area (Å²) >= 11 is 0. The number of rotatable bonds is 4. The zero-order chi connectivity index (χ0) is 11.2. The van der Waals surface area contributed by atoms with Gasteiger partial charge in [0.1, 0.15) is 0 Å². The van der Waals surface area contributed by atoms with Crippen LogP contribution in [0.1, 0.15) is 44.9 Å². The molecule has 1 saturated heterocycles. The lowest BCUT2D eigenvalue weighted by atomic mass is 10.1. The van der Waals surface area contributed by atoms with E-state index in [0.717, 1.165) is 12.6 Å². The van der Waals surface area contributed by atoms with Crippen molar-refractivity contribution in [3.8, 4) is 0 Å². The van der Waals surface area contributed by atoms with E-state index in [1.807, 2.05) is 0 Å². The maximum absolute atomic E-state index is 8.80. The van der Waals surface area contributed by atoms with Crippen molar-refractivity contribution >= 4 is 0 Å². The van der Waals surface area contributed by atoms with Crippen molar-refractivity contribution in [2.45, 2.75) is 57.0 Å². The number of hydrogen-bond acceptors (Lipinski definition) is 3. The van der Waals surface area contributed by atoms with Crippen LogP contribution in [-0.2, 0) is 0 Å². The van der Waals surface area contributed by atoms with Gasteiger partial charge in [-0.25, -0.2) is 0 Å². The quantitative estimate of drug-likeness (QED) is 0.711. The van der Waals surface area contributed by atoms with Crippen molar-refractivity contribution in [1.82, 2.24) is 10.2 Å². The Kier molecular flexibility index (Phi) is 5.07. The van der Waals surface area contributed by atoms with Crippen LogP contribution in [0, 0.1) is 0 Å². The molecule has 16 heavy (non-hydrogen) atoms. The molecule has 0 bridgehead atoms. The molecule has 1 unspecified atom stereocenters. The van der Waals surface area contributed by atoms with E-state index in [1.54, 1.807) is 0 Å². The number of aliphatic hydroxyl groups is 1. The summed E-state index contributed by atoms with van der Waals surface area (Å²) in [6.07, 6.45) is 9.81. The smallest absolute Gasteiger partial charge is 0.0556 e. The van der Waals surface area contributed by atoms with Crippen molar-refractivity contribution < 1.29 is 5.11 Å². The maximum Gasteiger partial charge on any atom is 0.0556 e. The molecule has 1 heterocycles. The summed E-state index contributed by atoms with van der Waals surface area (Å²) in [6, 6.07) is 1.47. The summed E-state index contributed by atoms with van der Waals surface area (Å²) < 4.78 is 0. The van der Waals surface area contributed by atoms with Crippen molar-refractivity contribution in [2.75, 3.05) is 26.2 Å². The second-order valence-corrected chi connectivity index (χ2v) is 5.30. The van der Waals surface area contributed by atoms with Gasteiger partial charge in [0, 0.05) is 31.7 Å². The largest absolute Gasteiger partial charge is 0.395 e. The molecule has 2 N–H and O–H groups in total. The number of aliphatic hydroxyl groups excluding tert-OH is 1. The second-order valence-electron chi connectivity index (χ2n) is 5.30. The molecule has 1 aliphatic carbocycles. The average molecular weight is 226 g/mol. The summed E-state index contributed by atoms with van der Waals surface area (Å²) in [5.41, 5.74) is 0. The molecule has 0 amide bonds. The summed E-state index contributed by atoms with van der Waals surface area (Å²) in [4.78, 5) is 2.68. The molecular weight excluding hydrogens is 200 g/mol.